The van der Waals surface area contributed by atoms with E-state index in [1.165, 1.54) is 0 Å². The molecule has 1 atom stereocenters. The van der Waals surface area contributed by atoms with Gasteiger partial charge < -0.3 is 10.1 Å². The summed E-state index contributed by atoms with van der Waals surface area (Å²) in [7, 11) is 0. The highest BCUT2D eigenvalue weighted by atomic mass is 16.5. The molecule has 1 amide bonds. The van der Waals surface area contributed by atoms with Crippen LogP contribution in [0.15, 0.2) is 91.4 Å². The van der Waals surface area contributed by atoms with Gasteiger partial charge in [-0.15, -0.1) is 0 Å². The largest absolute Gasteiger partial charge is 0.439 e. The molecule has 0 bridgehead atoms. The van der Waals surface area contributed by atoms with Gasteiger partial charge in [0.05, 0.1) is 25.0 Å². The SMILES string of the molecule is O=C(N[C@H](Cn1nccn1)c1ccccc1)c1cccc(Oc2ccccn2)c1. The Labute approximate surface area is 168 Å². The number of hydrogen-bond donors (Lipinski definition) is 1. The predicted molar refractivity (Wildman–Crippen MR) is 107 cm³/mol. The molecule has 7 nitrogen and oxygen atoms in total. The number of carbonyl (C=O) groups excluding carboxylic acids is 1. The number of nitrogens with zero attached hydrogens (tertiary/aromatic N) is 4. The molecular formula is C22H19N5O2. The third-order valence-corrected chi connectivity index (χ3v) is 4.28. The average molecular weight is 385 g/mol. The van der Waals surface area contributed by atoms with E-state index >= 15 is 0 Å². The molecule has 0 aliphatic heterocycles. The minimum absolute atomic E-state index is 0.211. The third-order valence-electron chi connectivity index (χ3n) is 4.28. The van der Waals surface area contributed by atoms with Crippen molar-refractivity contribution in [2.45, 2.75) is 12.6 Å². The van der Waals surface area contributed by atoms with E-state index in [0.717, 1.165) is 5.56 Å². The second-order valence-electron chi connectivity index (χ2n) is 6.32. The fraction of sp³-hybridized carbons (Fsp3) is 0.0909. The Balaban J connectivity index is 1.52. The number of aromatic nitrogens is 4. The molecule has 0 saturated heterocycles. The summed E-state index contributed by atoms with van der Waals surface area (Å²) in [5.41, 5.74) is 1.46. The minimum Gasteiger partial charge on any atom is -0.439 e. The standard InChI is InChI=1S/C22H19N5O2/c28-22(18-9-6-10-19(15-18)29-21-11-4-5-12-23-21)26-20(16-27-24-13-14-25-27)17-7-2-1-3-8-17/h1-15,20H,16H2,(H,26,28)/t20-/m1/s1. The van der Waals surface area contributed by atoms with Gasteiger partial charge >= 0.3 is 0 Å². The molecule has 4 aromatic rings. The Morgan fingerprint density at radius 3 is 2.48 bits per heavy atom. The topological polar surface area (TPSA) is 81.9 Å². The molecule has 0 unspecified atom stereocenters. The molecular weight excluding hydrogens is 366 g/mol. The first-order valence-electron chi connectivity index (χ1n) is 9.17. The van der Waals surface area contributed by atoms with E-state index in [1.807, 2.05) is 42.5 Å². The molecule has 0 aliphatic carbocycles. The first-order chi connectivity index (χ1) is 14.3. The molecule has 0 spiro atoms. The predicted octanol–water partition coefficient (Wildman–Crippen LogP) is 3.64. The molecule has 2 heterocycles. The highest BCUT2D eigenvalue weighted by Gasteiger charge is 2.17. The maximum atomic E-state index is 12.9. The molecule has 2 aromatic heterocycles. The van der Waals surface area contributed by atoms with Crippen LogP contribution in [0, 0.1) is 0 Å². The molecule has 4 rings (SSSR count). The van der Waals surface area contributed by atoms with Crippen LogP contribution in [0.4, 0.5) is 0 Å². The number of rotatable bonds is 7. The van der Waals surface area contributed by atoms with Crippen molar-refractivity contribution in [1.29, 1.82) is 0 Å². The van der Waals surface area contributed by atoms with Crippen molar-refractivity contribution in [1.82, 2.24) is 25.3 Å². The van der Waals surface area contributed by atoms with Crippen LogP contribution < -0.4 is 10.1 Å². The number of carbonyl (C=O) groups is 1. The molecule has 0 radical (unpaired) electrons. The maximum absolute atomic E-state index is 12.9. The van der Waals surface area contributed by atoms with Crippen molar-refractivity contribution >= 4 is 5.91 Å². The fourth-order valence-corrected chi connectivity index (χ4v) is 2.89. The Kier molecular flexibility index (Phi) is 5.57. The zero-order valence-electron chi connectivity index (χ0n) is 15.6. The van der Waals surface area contributed by atoms with Gasteiger partial charge in [-0.3, -0.25) is 4.79 Å². The molecule has 0 aliphatic rings. The second-order valence-corrected chi connectivity index (χ2v) is 6.32. The number of ether oxygens (including phenoxy) is 1. The third kappa shape index (κ3) is 4.84. The average Bonchev–Trinajstić information content (AvgIpc) is 3.28. The van der Waals surface area contributed by atoms with Gasteiger partial charge in [0.1, 0.15) is 5.75 Å². The van der Waals surface area contributed by atoms with Crippen molar-refractivity contribution in [2.24, 2.45) is 0 Å². The van der Waals surface area contributed by atoms with Crippen LogP contribution in [-0.2, 0) is 6.54 Å². The summed E-state index contributed by atoms with van der Waals surface area (Å²) >= 11 is 0. The normalized spacial score (nSPS) is 11.6. The van der Waals surface area contributed by atoms with Crippen LogP contribution in [0.1, 0.15) is 22.0 Å². The van der Waals surface area contributed by atoms with Gasteiger partial charge in [0.2, 0.25) is 5.88 Å². The summed E-state index contributed by atoms with van der Waals surface area (Å²) in [4.78, 5) is 18.6. The van der Waals surface area contributed by atoms with Crippen LogP contribution in [0.25, 0.3) is 0 Å². The van der Waals surface area contributed by atoms with Gasteiger partial charge in [0, 0.05) is 17.8 Å². The Bertz CT molecular complexity index is 1050. The van der Waals surface area contributed by atoms with E-state index in [4.69, 9.17) is 4.74 Å². The smallest absolute Gasteiger partial charge is 0.251 e. The molecule has 2 aromatic carbocycles. The summed E-state index contributed by atoms with van der Waals surface area (Å²) < 4.78 is 5.73. The van der Waals surface area contributed by atoms with Crippen molar-refractivity contribution in [3.05, 3.63) is 103 Å². The zero-order chi connectivity index (χ0) is 19.9. The first kappa shape index (κ1) is 18.4. The molecule has 144 valence electrons. The molecule has 0 saturated carbocycles. The lowest BCUT2D eigenvalue weighted by molar-refractivity contribution is 0.0930. The highest BCUT2D eigenvalue weighted by molar-refractivity contribution is 5.94. The number of nitrogens with one attached hydrogen (secondary N) is 1. The van der Waals surface area contributed by atoms with Gasteiger partial charge in [-0.2, -0.15) is 15.0 Å². The Morgan fingerprint density at radius 2 is 1.72 bits per heavy atom. The Hall–Kier alpha value is -4.00. The maximum Gasteiger partial charge on any atom is 0.251 e. The summed E-state index contributed by atoms with van der Waals surface area (Å²) in [5.74, 6) is 0.802. The summed E-state index contributed by atoms with van der Waals surface area (Å²) in [6.45, 7) is 0.423. The zero-order valence-corrected chi connectivity index (χ0v) is 15.6. The number of pyridine rings is 1. The van der Waals surface area contributed by atoms with Gasteiger partial charge in [0.15, 0.2) is 0 Å². The molecule has 29 heavy (non-hydrogen) atoms. The quantitative estimate of drug-likeness (QED) is 0.525. The molecule has 1 N–H and O–H groups in total. The lowest BCUT2D eigenvalue weighted by atomic mass is 10.1. The van der Waals surface area contributed by atoms with Gasteiger partial charge in [-0.1, -0.05) is 42.5 Å². The minimum atomic E-state index is -0.281. The van der Waals surface area contributed by atoms with Crippen LogP contribution in [0.2, 0.25) is 0 Å². The summed E-state index contributed by atoms with van der Waals surface area (Å²) in [6.07, 6.45) is 4.88. The lowest BCUT2D eigenvalue weighted by Gasteiger charge is -2.19. The van der Waals surface area contributed by atoms with Crippen molar-refractivity contribution in [2.75, 3.05) is 0 Å². The highest BCUT2D eigenvalue weighted by Crippen LogP contribution is 2.21. The van der Waals surface area contributed by atoms with Crippen LogP contribution >= 0.6 is 0 Å². The molecule has 7 heteroatoms. The first-order valence-corrected chi connectivity index (χ1v) is 9.17. The van der Waals surface area contributed by atoms with Crippen LogP contribution in [-0.4, -0.2) is 25.9 Å². The Morgan fingerprint density at radius 1 is 0.931 bits per heavy atom. The number of hydrogen-bond acceptors (Lipinski definition) is 5. The number of benzene rings is 2. The van der Waals surface area contributed by atoms with Crippen molar-refractivity contribution in [3.8, 4) is 11.6 Å². The van der Waals surface area contributed by atoms with Crippen molar-refractivity contribution in [3.63, 3.8) is 0 Å². The summed E-state index contributed by atoms with van der Waals surface area (Å²) in [6, 6.07) is 21.9. The van der Waals surface area contributed by atoms with E-state index in [1.54, 1.807) is 53.7 Å². The second kappa shape index (κ2) is 8.79. The monoisotopic (exact) mass is 385 g/mol. The fourth-order valence-electron chi connectivity index (χ4n) is 2.89. The van der Waals surface area contributed by atoms with E-state index in [0.29, 0.717) is 23.7 Å². The van der Waals surface area contributed by atoms with E-state index in [9.17, 15) is 4.79 Å². The molecule has 0 fully saturated rings. The van der Waals surface area contributed by atoms with Gasteiger partial charge in [-0.05, 0) is 29.8 Å². The van der Waals surface area contributed by atoms with Gasteiger partial charge in [0.25, 0.3) is 5.91 Å². The lowest BCUT2D eigenvalue weighted by Crippen LogP contribution is -2.32. The van der Waals surface area contributed by atoms with E-state index in [-0.39, 0.29) is 11.9 Å². The van der Waals surface area contributed by atoms with Crippen molar-refractivity contribution < 1.29 is 9.53 Å². The van der Waals surface area contributed by atoms with E-state index in [2.05, 4.69) is 20.5 Å². The summed E-state index contributed by atoms with van der Waals surface area (Å²) in [5, 5.41) is 11.4. The van der Waals surface area contributed by atoms with Crippen LogP contribution in [0.5, 0.6) is 11.6 Å². The van der Waals surface area contributed by atoms with Crippen LogP contribution in [0.3, 0.4) is 0 Å². The van der Waals surface area contributed by atoms with E-state index < -0.39 is 0 Å². The van der Waals surface area contributed by atoms with Gasteiger partial charge in [-0.25, -0.2) is 4.98 Å². The number of amides is 1.